The summed E-state index contributed by atoms with van der Waals surface area (Å²) in [4.78, 5) is 8.74. The van der Waals surface area contributed by atoms with Gasteiger partial charge in [-0.25, -0.2) is 9.98 Å². The highest BCUT2D eigenvalue weighted by atomic mass is 15.2. The van der Waals surface area contributed by atoms with Crippen LogP contribution in [0.1, 0.15) is 17.0 Å². The van der Waals surface area contributed by atoms with Gasteiger partial charge in [0, 0.05) is 11.3 Å². The topological polar surface area (TPSA) is 92.0 Å². The molecule has 0 aliphatic heterocycles. The van der Waals surface area contributed by atoms with Gasteiger partial charge in [0.15, 0.2) is 11.8 Å². The number of hydrogen-bond acceptors (Lipinski definition) is 3. The second-order valence-electron chi connectivity index (χ2n) is 5.64. The van der Waals surface area contributed by atoms with Crippen molar-refractivity contribution in [1.29, 1.82) is 0 Å². The summed E-state index contributed by atoms with van der Waals surface area (Å²) in [6.07, 6.45) is 0. The first-order valence-corrected chi connectivity index (χ1v) is 7.72. The largest absolute Gasteiger partial charge is 0.370 e. The number of nitrogens with one attached hydrogen (secondary N) is 2. The number of rotatable bonds is 4. The molecule has 1 aromatic heterocycles. The molecule has 0 atom stereocenters. The summed E-state index contributed by atoms with van der Waals surface area (Å²) in [5.41, 5.74) is 10.1. The number of H-pyrrole nitrogens is 1. The minimum absolute atomic E-state index is 0.389. The summed E-state index contributed by atoms with van der Waals surface area (Å²) < 4.78 is 0. The average Bonchev–Trinajstić information content (AvgIpc) is 3.00. The fourth-order valence-electron chi connectivity index (χ4n) is 2.37. The molecule has 0 spiro atoms. The van der Waals surface area contributed by atoms with Crippen molar-refractivity contribution in [2.45, 2.75) is 20.4 Å². The quantitative estimate of drug-likeness (QED) is 0.509. The van der Waals surface area contributed by atoms with Crippen LogP contribution in [0.4, 0.5) is 5.69 Å². The monoisotopic (exact) mass is 320 g/mol. The Kier molecular flexibility index (Phi) is 4.56. The van der Waals surface area contributed by atoms with Crippen molar-refractivity contribution in [3.8, 4) is 11.4 Å². The molecular formula is C18H20N6. The Morgan fingerprint density at radius 1 is 1.17 bits per heavy atom. The Balaban J connectivity index is 1.69. The van der Waals surface area contributed by atoms with Gasteiger partial charge in [-0.15, -0.1) is 0 Å². The van der Waals surface area contributed by atoms with Crippen molar-refractivity contribution in [3.63, 3.8) is 0 Å². The number of benzene rings is 2. The lowest BCUT2D eigenvalue weighted by molar-refractivity contribution is 1.04. The van der Waals surface area contributed by atoms with Crippen molar-refractivity contribution in [1.82, 2.24) is 15.2 Å². The Hall–Kier alpha value is -3.15. The number of nitrogens with two attached hydrogens (primary N) is 1. The summed E-state index contributed by atoms with van der Waals surface area (Å²) in [5.74, 6) is 1.86. The predicted molar refractivity (Wildman–Crippen MR) is 96.7 cm³/mol. The van der Waals surface area contributed by atoms with Crippen LogP contribution >= 0.6 is 0 Å². The molecule has 0 saturated carbocycles. The summed E-state index contributed by atoms with van der Waals surface area (Å²) in [6.45, 7) is 4.40. The van der Waals surface area contributed by atoms with E-state index in [4.69, 9.17) is 5.73 Å². The van der Waals surface area contributed by atoms with Crippen LogP contribution in [0.25, 0.3) is 11.4 Å². The Morgan fingerprint density at radius 2 is 2.00 bits per heavy atom. The van der Waals surface area contributed by atoms with E-state index >= 15 is 0 Å². The van der Waals surface area contributed by atoms with Crippen molar-refractivity contribution in [2.24, 2.45) is 10.7 Å². The number of aliphatic imine (C=N–C) groups is 1. The summed E-state index contributed by atoms with van der Waals surface area (Å²) in [6, 6.07) is 16.0. The second-order valence-corrected chi connectivity index (χ2v) is 5.64. The van der Waals surface area contributed by atoms with E-state index < -0.39 is 0 Å². The molecule has 6 nitrogen and oxygen atoms in total. The smallest absolute Gasteiger partial charge is 0.193 e. The highest BCUT2D eigenvalue weighted by Gasteiger charge is 2.04. The lowest BCUT2D eigenvalue weighted by atomic mass is 10.1. The van der Waals surface area contributed by atoms with Crippen LogP contribution in [0, 0.1) is 13.8 Å². The van der Waals surface area contributed by atoms with E-state index in [1.807, 2.05) is 62.4 Å². The molecule has 1 heterocycles. The SMILES string of the molecule is Cc1cccc(NC(N)=NCc2cccc(-c3n[nH]c(C)n3)c2)c1. The molecule has 6 heteroatoms. The van der Waals surface area contributed by atoms with Crippen LogP contribution in [0.15, 0.2) is 53.5 Å². The second kappa shape index (κ2) is 6.95. The first kappa shape index (κ1) is 15.7. The third-order valence-corrected chi connectivity index (χ3v) is 3.50. The Labute approximate surface area is 140 Å². The van der Waals surface area contributed by atoms with Gasteiger partial charge in [0.1, 0.15) is 5.82 Å². The third kappa shape index (κ3) is 3.98. The molecule has 2 aromatic carbocycles. The maximum Gasteiger partial charge on any atom is 0.193 e. The number of aryl methyl sites for hydroxylation is 2. The molecule has 0 aliphatic carbocycles. The lowest BCUT2D eigenvalue weighted by Gasteiger charge is -2.06. The van der Waals surface area contributed by atoms with Gasteiger partial charge in [0.2, 0.25) is 0 Å². The first-order chi connectivity index (χ1) is 11.6. The van der Waals surface area contributed by atoms with Gasteiger partial charge in [0.25, 0.3) is 0 Å². The third-order valence-electron chi connectivity index (χ3n) is 3.50. The molecule has 0 aliphatic rings. The molecule has 3 aromatic rings. The Morgan fingerprint density at radius 3 is 2.75 bits per heavy atom. The zero-order valence-electron chi connectivity index (χ0n) is 13.7. The van der Waals surface area contributed by atoms with Gasteiger partial charge in [-0.05, 0) is 43.2 Å². The molecule has 0 unspecified atom stereocenters. The Bertz CT molecular complexity index is 865. The zero-order chi connectivity index (χ0) is 16.9. The minimum Gasteiger partial charge on any atom is -0.370 e. The number of anilines is 1. The van der Waals surface area contributed by atoms with Crippen LogP contribution in [0.2, 0.25) is 0 Å². The van der Waals surface area contributed by atoms with Gasteiger partial charge in [-0.3, -0.25) is 5.10 Å². The van der Waals surface area contributed by atoms with E-state index in [-0.39, 0.29) is 0 Å². The molecule has 0 saturated heterocycles. The molecular weight excluding hydrogens is 300 g/mol. The molecule has 4 N–H and O–H groups in total. The fourth-order valence-corrected chi connectivity index (χ4v) is 2.37. The van der Waals surface area contributed by atoms with Gasteiger partial charge in [-0.1, -0.05) is 30.3 Å². The van der Waals surface area contributed by atoms with Gasteiger partial charge < -0.3 is 11.1 Å². The van der Waals surface area contributed by atoms with E-state index in [1.165, 1.54) is 5.56 Å². The zero-order valence-corrected chi connectivity index (χ0v) is 13.7. The van der Waals surface area contributed by atoms with Crippen LogP contribution in [-0.2, 0) is 6.54 Å². The number of nitrogens with zero attached hydrogens (tertiary/aromatic N) is 3. The predicted octanol–water partition coefficient (Wildman–Crippen LogP) is 3.02. The molecule has 0 bridgehead atoms. The van der Waals surface area contributed by atoms with Crippen molar-refractivity contribution < 1.29 is 0 Å². The molecule has 0 fully saturated rings. The average molecular weight is 320 g/mol. The normalized spacial score (nSPS) is 11.5. The number of guanidine groups is 1. The van der Waals surface area contributed by atoms with Crippen LogP contribution in [0.5, 0.6) is 0 Å². The van der Waals surface area contributed by atoms with Crippen LogP contribution < -0.4 is 11.1 Å². The minimum atomic E-state index is 0.389. The number of aromatic amines is 1. The molecule has 122 valence electrons. The highest BCUT2D eigenvalue weighted by molar-refractivity contribution is 5.92. The molecule has 0 amide bonds. The van der Waals surface area contributed by atoms with E-state index in [0.29, 0.717) is 18.3 Å². The van der Waals surface area contributed by atoms with Gasteiger partial charge in [-0.2, -0.15) is 5.10 Å². The van der Waals surface area contributed by atoms with E-state index in [9.17, 15) is 0 Å². The van der Waals surface area contributed by atoms with Gasteiger partial charge >= 0.3 is 0 Å². The summed E-state index contributed by atoms with van der Waals surface area (Å²) >= 11 is 0. The molecule has 0 radical (unpaired) electrons. The van der Waals surface area contributed by atoms with Crippen molar-refractivity contribution in [2.75, 3.05) is 5.32 Å². The number of aromatic nitrogens is 3. The maximum atomic E-state index is 5.97. The van der Waals surface area contributed by atoms with E-state index in [2.05, 4.69) is 25.5 Å². The molecule has 3 rings (SSSR count). The van der Waals surface area contributed by atoms with Crippen molar-refractivity contribution in [3.05, 3.63) is 65.5 Å². The lowest BCUT2D eigenvalue weighted by Crippen LogP contribution is -2.22. The van der Waals surface area contributed by atoms with Gasteiger partial charge in [0.05, 0.1) is 6.54 Å². The maximum absolute atomic E-state index is 5.97. The summed E-state index contributed by atoms with van der Waals surface area (Å²) in [5, 5.41) is 10.1. The van der Waals surface area contributed by atoms with E-state index in [0.717, 1.165) is 22.6 Å². The van der Waals surface area contributed by atoms with Crippen LogP contribution in [-0.4, -0.2) is 21.1 Å². The van der Waals surface area contributed by atoms with Crippen molar-refractivity contribution >= 4 is 11.6 Å². The van der Waals surface area contributed by atoms with Crippen LogP contribution in [0.3, 0.4) is 0 Å². The summed E-state index contributed by atoms with van der Waals surface area (Å²) in [7, 11) is 0. The number of hydrogen-bond donors (Lipinski definition) is 3. The molecule has 24 heavy (non-hydrogen) atoms. The standard InChI is InChI=1S/C18H20N6/c1-12-5-3-8-16(9-12)22-18(19)20-11-14-6-4-7-15(10-14)17-21-13(2)23-24-17/h3-10H,11H2,1-2H3,(H3,19,20,22)(H,21,23,24). The fraction of sp³-hybridized carbons (Fsp3) is 0.167. The first-order valence-electron chi connectivity index (χ1n) is 7.72. The highest BCUT2D eigenvalue weighted by Crippen LogP contribution is 2.17. The van der Waals surface area contributed by atoms with E-state index in [1.54, 1.807) is 0 Å².